The zero-order valence-electron chi connectivity index (χ0n) is 41.2. The van der Waals surface area contributed by atoms with Crippen molar-refractivity contribution in [2.45, 2.75) is 201 Å². The molecule has 0 saturated heterocycles. The van der Waals surface area contributed by atoms with Gasteiger partial charge in [0.15, 0.2) is 5.78 Å². The first kappa shape index (κ1) is 63.8. The topological polar surface area (TPSA) is 221 Å². The molecule has 380 valence electrons. The maximum atomic E-state index is 12.4. The molecule has 0 aliphatic heterocycles. The van der Waals surface area contributed by atoms with E-state index in [4.69, 9.17) is 24.1 Å². The quantitative estimate of drug-likeness (QED) is 0.0419. The van der Waals surface area contributed by atoms with E-state index in [2.05, 4.69) is 31.4 Å². The molecule has 15 nitrogen and oxygen atoms in total. The number of ether oxygens (including phenoxy) is 4. The minimum atomic E-state index is -1.07. The number of rotatable bonds is 48. The molecule has 0 aromatic rings. The molecule has 0 aromatic carbocycles. The average molecular weight is 929 g/mol. The largest absolute Gasteiger partial charge is 0.481 e. The summed E-state index contributed by atoms with van der Waals surface area (Å²) in [5, 5.41) is 23.8. The number of amides is 2. The zero-order chi connectivity index (χ0) is 48.6. The molecule has 4 N–H and O–H groups in total. The minimum Gasteiger partial charge on any atom is -0.481 e. The number of carbonyl (C=O) groups excluding carboxylic acids is 5. The molecule has 0 rings (SSSR count). The van der Waals surface area contributed by atoms with Crippen LogP contribution in [0.2, 0.25) is 0 Å². The van der Waals surface area contributed by atoms with Gasteiger partial charge in [0.1, 0.15) is 24.8 Å². The standard InChI is InChI=1S/C47H84N2O13.C3H8/c1-3-21-40(39(2)50)22-18-19-28-48-45(54)38-62-35-32-59-30-20-24-43(52)37-61-34-33-60-31-29-49-44(53)27-26-41(47(57)58)36-42(51)23-16-14-12-10-8-6-4-5-7-9-11-13-15-17-25-46(55)56;1-3-2/h40-41H,3-38H2,1-2H3,(H,48,54)(H,49,53)(H,55,56)(H,57,58);3H2,1-2H3/t40-,41+;/m0./s1. The Morgan fingerprint density at radius 1 is 0.446 bits per heavy atom. The van der Waals surface area contributed by atoms with Crippen molar-refractivity contribution in [3.63, 3.8) is 0 Å². The fourth-order valence-corrected chi connectivity index (χ4v) is 6.99. The second-order valence-corrected chi connectivity index (χ2v) is 17.1. The van der Waals surface area contributed by atoms with Crippen LogP contribution >= 0.6 is 0 Å². The number of aliphatic carboxylic acids is 2. The molecule has 65 heavy (non-hydrogen) atoms. The number of unbranched alkanes of at least 4 members (excludes halogenated alkanes) is 14. The summed E-state index contributed by atoms with van der Waals surface area (Å²) in [6.07, 6.45) is 22.6. The Morgan fingerprint density at radius 3 is 1.48 bits per heavy atom. The molecule has 0 unspecified atom stereocenters. The summed E-state index contributed by atoms with van der Waals surface area (Å²) >= 11 is 0. The molecule has 2 atom stereocenters. The van der Waals surface area contributed by atoms with Gasteiger partial charge in [0.2, 0.25) is 11.8 Å². The molecule has 15 heteroatoms. The van der Waals surface area contributed by atoms with Gasteiger partial charge in [-0.15, -0.1) is 0 Å². The lowest BCUT2D eigenvalue weighted by molar-refractivity contribution is -0.144. The van der Waals surface area contributed by atoms with Gasteiger partial charge >= 0.3 is 11.9 Å². The van der Waals surface area contributed by atoms with Crippen molar-refractivity contribution in [1.29, 1.82) is 0 Å². The highest BCUT2D eigenvalue weighted by Crippen LogP contribution is 2.18. The third-order valence-corrected chi connectivity index (χ3v) is 10.7. The molecule has 2 amide bonds. The maximum Gasteiger partial charge on any atom is 0.306 e. The molecule has 0 spiro atoms. The highest BCUT2D eigenvalue weighted by molar-refractivity contribution is 5.84. The zero-order valence-corrected chi connectivity index (χ0v) is 41.2. The van der Waals surface area contributed by atoms with Crippen LogP contribution in [0.5, 0.6) is 0 Å². The first-order valence-electron chi connectivity index (χ1n) is 25.2. The van der Waals surface area contributed by atoms with Crippen LogP contribution in [-0.4, -0.2) is 117 Å². The van der Waals surface area contributed by atoms with Gasteiger partial charge in [0, 0.05) is 57.7 Å². The number of hydrogen-bond acceptors (Lipinski definition) is 11. The van der Waals surface area contributed by atoms with Gasteiger partial charge in [0.25, 0.3) is 0 Å². The van der Waals surface area contributed by atoms with Gasteiger partial charge in [-0.2, -0.15) is 0 Å². The van der Waals surface area contributed by atoms with Crippen molar-refractivity contribution in [2.75, 3.05) is 65.9 Å². The maximum absolute atomic E-state index is 12.4. The van der Waals surface area contributed by atoms with Crippen molar-refractivity contribution in [3.05, 3.63) is 0 Å². The van der Waals surface area contributed by atoms with Gasteiger partial charge in [-0.3, -0.25) is 33.6 Å². The van der Waals surface area contributed by atoms with E-state index in [1.807, 2.05) is 0 Å². The van der Waals surface area contributed by atoms with Crippen LogP contribution in [0.4, 0.5) is 0 Å². The molecule has 0 heterocycles. The first-order valence-corrected chi connectivity index (χ1v) is 25.2. The highest BCUT2D eigenvalue weighted by Gasteiger charge is 2.22. The van der Waals surface area contributed by atoms with Gasteiger partial charge in [-0.05, 0) is 51.9 Å². The molecular weight excluding hydrogens is 837 g/mol. The van der Waals surface area contributed by atoms with E-state index < -0.39 is 17.9 Å². The summed E-state index contributed by atoms with van der Waals surface area (Å²) in [6, 6.07) is 0. The molecule has 0 radical (unpaired) electrons. The number of Topliss-reactive ketones (excluding diaryl/α,β-unsaturated/α-hetero) is 3. The predicted octanol–water partition coefficient (Wildman–Crippen LogP) is 8.99. The van der Waals surface area contributed by atoms with E-state index in [1.54, 1.807) is 6.92 Å². The summed E-state index contributed by atoms with van der Waals surface area (Å²) in [6.45, 7) is 10.4. The van der Waals surface area contributed by atoms with Gasteiger partial charge < -0.3 is 39.8 Å². The summed E-state index contributed by atoms with van der Waals surface area (Å²) in [5.74, 6) is -2.93. The predicted molar refractivity (Wildman–Crippen MR) is 254 cm³/mol. The third kappa shape index (κ3) is 48.5. The van der Waals surface area contributed by atoms with Crippen LogP contribution < -0.4 is 10.6 Å². The Labute approximate surface area is 392 Å². The van der Waals surface area contributed by atoms with Crippen LogP contribution in [-0.2, 0) is 52.5 Å². The lowest BCUT2D eigenvalue weighted by atomic mass is 9.93. The first-order chi connectivity index (χ1) is 31.4. The van der Waals surface area contributed by atoms with Crippen molar-refractivity contribution < 1.29 is 62.7 Å². The molecule has 0 saturated carbocycles. The van der Waals surface area contributed by atoms with Crippen molar-refractivity contribution in [1.82, 2.24) is 10.6 Å². The Balaban J connectivity index is 0. The lowest BCUT2D eigenvalue weighted by Crippen LogP contribution is -2.29. The van der Waals surface area contributed by atoms with Crippen molar-refractivity contribution in [2.24, 2.45) is 11.8 Å². The van der Waals surface area contributed by atoms with Crippen LogP contribution in [0.3, 0.4) is 0 Å². The van der Waals surface area contributed by atoms with Crippen LogP contribution in [0.1, 0.15) is 201 Å². The molecule has 0 aromatic heterocycles. The molecular formula is C50H92N2O13. The Bertz CT molecular complexity index is 1220. The number of nitrogens with one attached hydrogen (secondary N) is 2. The molecule has 0 fully saturated rings. The van der Waals surface area contributed by atoms with Crippen LogP contribution in [0.25, 0.3) is 0 Å². The monoisotopic (exact) mass is 929 g/mol. The second kappa shape index (κ2) is 48.7. The van der Waals surface area contributed by atoms with Crippen molar-refractivity contribution >= 4 is 41.1 Å². The average Bonchev–Trinajstić information content (AvgIpc) is 3.26. The lowest BCUT2D eigenvalue weighted by Gasteiger charge is -2.12. The number of carboxylic acids is 2. The summed E-state index contributed by atoms with van der Waals surface area (Å²) in [7, 11) is 0. The van der Waals surface area contributed by atoms with Gasteiger partial charge in [-0.25, -0.2) is 0 Å². The molecule has 0 aliphatic rings. The van der Waals surface area contributed by atoms with E-state index >= 15 is 0 Å². The van der Waals surface area contributed by atoms with Crippen molar-refractivity contribution in [3.8, 4) is 0 Å². The van der Waals surface area contributed by atoms with Gasteiger partial charge in [0.05, 0.1) is 39.0 Å². The third-order valence-electron chi connectivity index (χ3n) is 10.7. The molecule has 0 bridgehead atoms. The smallest absolute Gasteiger partial charge is 0.306 e. The number of hydrogen-bond donors (Lipinski definition) is 4. The van der Waals surface area contributed by atoms with E-state index in [1.165, 1.54) is 51.4 Å². The number of carboxylic acid groups (broad SMARTS) is 2. The normalized spacial score (nSPS) is 11.9. The SMILES string of the molecule is CCC.CCC[C@@H](CCCCNC(=O)COCCOCCCC(=O)COCCOCCNC(=O)CC[C@H](CC(=O)CCCCCCCCCCCCCCCCC(=O)O)C(=O)O)C(C)=O. The number of ketones is 3. The minimum absolute atomic E-state index is 0.00725. The van der Waals surface area contributed by atoms with E-state index in [0.717, 1.165) is 77.0 Å². The summed E-state index contributed by atoms with van der Waals surface area (Å²) in [4.78, 5) is 82.5. The summed E-state index contributed by atoms with van der Waals surface area (Å²) < 4.78 is 21.6. The van der Waals surface area contributed by atoms with Crippen LogP contribution in [0, 0.1) is 11.8 Å². The summed E-state index contributed by atoms with van der Waals surface area (Å²) in [5.41, 5.74) is 0. The van der Waals surface area contributed by atoms with E-state index in [-0.39, 0.29) is 107 Å². The highest BCUT2D eigenvalue weighted by atomic mass is 16.5. The fourth-order valence-electron chi connectivity index (χ4n) is 6.99. The Kier molecular flexibility index (Phi) is 47.8. The van der Waals surface area contributed by atoms with Crippen LogP contribution in [0.15, 0.2) is 0 Å². The number of carbonyl (C=O) groups is 7. The van der Waals surface area contributed by atoms with E-state index in [0.29, 0.717) is 39.0 Å². The van der Waals surface area contributed by atoms with E-state index in [9.17, 15) is 38.7 Å². The second-order valence-electron chi connectivity index (χ2n) is 17.1. The Morgan fingerprint density at radius 2 is 0.938 bits per heavy atom. The van der Waals surface area contributed by atoms with Gasteiger partial charge in [-0.1, -0.05) is 117 Å². The molecule has 0 aliphatic carbocycles. The Hall–Kier alpha value is -3.27. The fraction of sp³-hybridized carbons (Fsp3) is 0.860.